The van der Waals surface area contributed by atoms with Crippen molar-refractivity contribution in [3.63, 3.8) is 0 Å². The Morgan fingerprint density at radius 2 is 1.85 bits per heavy atom. The maximum atomic E-state index is 13.3. The van der Waals surface area contributed by atoms with Gasteiger partial charge in [0.25, 0.3) is 0 Å². The Balaban J connectivity index is 1.59. The van der Waals surface area contributed by atoms with Crippen molar-refractivity contribution in [2.24, 2.45) is 28.1 Å². The molecule has 2 unspecified atom stereocenters. The molecule has 4 aliphatic rings. The topological polar surface area (TPSA) is 137 Å². The summed E-state index contributed by atoms with van der Waals surface area (Å²) in [7, 11) is 0. The molecule has 8 nitrogen and oxygen atoms in total. The first-order valence-electron chi connectivity index (χ1n) is 12.4. The Kier molecular flexibility index (Phi) is 6.92. The molecule has 1 heterocycles. The minimum atomic E-state index is -1.54. The smallest absolute Gasteiger partial charge is 0.186 e. The van der Waals surface area contributed by atoms with Gasteiger partial charge in [-0.2, -0.15) is 0 Å². The van der Waals surface area contributed by atoms with Crippen molar-refractivity contribution in [1.29, 1.82) is 0 Å². The number of Topliss-reactive ketones (excluding diaryl/α,β-unsaturated/α-hetero) is 1. The quantitative estimate of drug-likeness (QED) is 0.369. The number of allylic oxidation sites excluding steroid dienone is 2. The first kappa shape index (κ1) is 25.9. The lowest BCUT2D eigenvalue weighted by molar-refractivity contribution is -0.307. The van der Waals surface area contributed by atoms with Gasteiger partial charge in [0, 0.05) is 11.8 Å². The summed E-state index contributed by atoms with van der Waals surface area (Å²) in [5.41, 5.74) is -0.207. The molecular formula is C26H40O8. The number of hydrogen-bond acceptors (Lipinski definition) is 8. The van der Waals surface area contributed by atoms with E-state index in [0.717, 1.165) is 24.8 Å². The molecule has 0 aromatic heterocycles. The molecule has 0 amide bonds. The zero-order chi connectivity index (χ0) is 25.1. The van der Waals surface area contributed by atoms with Gasteiger partial charge in [-0.1, -0.05) is 32.9 Å². The second-order valence-electron chi connectivity index (χ2n) is 11.6. The molecule has 0 aromatic carbocycles. The van der Waals surface area contributed by atoms with Gasteiger partial charge in [0.1, 0.15) is 30.2 Å². The molecule has 11 atom stereocenters. The molecule has 34 heavy (non-hydrogen) atoms. The zero-order valence-corrected chi connectivity index (χ0v) is 20.4. The van der Waals surface area contributed by atoms with E-state index in [0.29, 0.717) is 12.8 Å². The third-order valence-corrected chi connectivity index (χ3v) is 9.47. The molecule has 3 fully saturated rings. The van der Waals surface area contributed by atoms with Crippen LogP contribution in [0, 0.1) is 28.1 Å². The number of carbonyl (C=O) groups is 1. The first-order chi connectivity index (χ1) is 15.9. The Bertz CT molecular complexity index is 841. The van der Waals surface area contributed by atoms with Crippen LogP contribution in [0.1, 0.15) is 52.9 Å². The average Bonchev–Trinajstić information content (AvgIpc) is 2.82. The summed E-state index contributed by atoms with van der Waals surface area (Å²) in [5, 5.41) is 51.1. The summed E-state index contributed by atoms with van der Waals surface area (Å²) in [6.07, 6.45) is 0.00385. The fourth-order valence-electron chi connectivity index (χ4n) is 7.09. The minimum absolute atomic E-state index is 0.0472. The molecule has 5 N–H and O–H groups in total. The predicted octanol–water partition coefficient (Wildman–Crippen LogP) is 1.09. The van der Waals surface area contributed by atoms with E-state index in [1.807, 2.05) is 13.0 Å². The Morgan fingerprint density at radius 1 is 1.15 bits per heavy atom. The van der Waals surface area contributed by atoms with E-state index >= 15 is 0 Å². The molecule has 8 heteroatoms. The van der Waals surface area contributed by atoms with Crippen LogP contribution in [0.2, 0.25) is 0 Å². The Labute approximate surface area is 201 Å². The molecule has 0 aromatic rings. The minimum Gasteiger partial charge on any atom is -0.394 e. The molecule has 4 rings (SSSR count). The van der Waals surface area contributed by atoms with Crippen LogP contribution < -0.4 is 0 Å². The molecule has 1 aliphatic heterocycles. The summed E-state index contributed by atoms with van der Waals surface area (Å²) < 4.78 is 11.4. The van der Waals surface area contributed by atoms with Crippen LogP contribution in [0.3, 0.4) is 0 Å². The normalized spacial score (nSPS) is 51.3. The third kappa shape index (κ3) is 4.01. The van der Waals surface area contributed by atoms with Crippen molar-refractivity contribution < 1.29 is 39.8 Å². The molecule has 0 spiro atoms. The number of hydrogen-bond donors (Lipinski definition) is 5. The van der Waals surface area contributed by atoms with E-state index in [4.69, 9.17) is 9.47 Å². The van der Waals surface area contributed by atoms with Crippen LogP contribution in [0.15, 0.2) is 24.3 Å². The van der Waals surface area contributed by atoms with E-state index in [1.165, 1.54) is 0 Å². The van der Waals surface area contributed by atoms with Gasteiger partial charge in [-0.05, 0) is 48.5 Å². The zero-order valence-electron chi connectivity index (χ0n) is 20.4. The number of aliphatic hydroxyl groups excluding tert-OH is 5. The molecule has 1 saturated heterocycles. The maximum absolute atomic E-state index is 13.3. The van der Waals surface area contributed by atoms with Gasteiger partial charge < -0.3 is 35.0 Å². The fourth-order valence-corrected chi connectivity index (χ4v) is 7.09. The van der Waals surface area contributed by atoms with E-state index in [1.54, 1.807) is 0 Å². The lowest BCUT2D eigenvalue weighted by Crippen LogP contribution is -2.61. The predicted molar refractivity (Wildman–Crippen MR) is 123 cm³/mol. The van der Waals surface area contributed by atoms with Gasteiger partial charge in [0.05, 0.1) is 24.7 Å². The highest BCUT2D eigenvalue weighted by Crippen LogP contribution is 2.63. The average molecular weight is 481 g/mol. The third-order valence-electron chi connectivity index (χ3n) is 9.47. The van der Waals surface area contributed by atoms with Crippen molar-refractivity contribution in [3.8, 4) is 0 Å². The highest BCUT2D eigenvalue weighted by atomic mass is 16.7. The van der Waals surface area contributed by atoms with Crippen LogP contribution in [-0.2, 0) is 14.3 Å². The maximum Gasteiger partial charge on any atom is 0.186 e. The van der Waals surface area contributed by atoms with E-state index in [2.05, 4.69) is 26.5 Å². The van der Waals surface area contributed by atoms with Gasteiger partial charge in [-0.3, -0.25) is 4.79 Å². The van der Waals surface area contributed by atoms with Crippen molar-refractivity contribution in [2.75, 3.05) is 13.2 Å². The van der Waals surface area contributed by atoms with E-state index < -0.39 is 48.8 Å². The van der Waals surface area contributed by atoms with Crippen LogP contribution in [-0.4, -0.2) is 81.3 Å². The summed E-state index contributed by atoms with van der Waals surface area (Å²) in [4.78, 5) is 13.3. The lowest BCUT2D eigenvalue weighted by Gasteiger charge is -2.60. The van der Waals surface area contributed by atoms with E-state index in [-0.39, 0.29) is 35.1 Å². The van der Waals surface area contributed by atoms with Crippen molar-refractivity contribution in [2.45, 2.75) is 89.7 Å². The monoisotopic (exact) mass is 480 g/mol. The first-order valence-corrected chi connectivity index (χ1v) is 12.4. The van der Waals surface area contributed by atoms with Crippen molar-refractivity contribution in [3.05, 3.63) is 24.3 Å². The van der Waals surface area contributed by atoms with Gasteiger partial charge in [-0.25, -0.2) is 0 Å². The molecule has 2 saturated carbocycles. The molecule has 0 radical (unpaired) electrons. The molecule has 192 valence electrons. The van der Waals surface area contributed by atoms with Gasteiger partial charge in [0.15, 0.2) is 6.29 Å². The summed E-state index contributed by atoms with van der Waals surface area (Å²) in [6, 6.07) is 0. The van der Waals surface area contributed by atoms with Crippen molar-refractivity contribution >= 4 is 5.78 Å². The molecule has 0 bridgehead atoms. The van der Waals surface area contributed by atoms with E-state index in [9.17, 15) is 30.3 Å². The Hall–Kier alpha value is -1.13. The summed E-state index contributed by atoms with van der Waals surface area (Å²) in [5.74, 6) is 0.0660. The highest BCUT2D eigenvalue weighted by molar-refractivity contribution is 5.86. The number of fused-ring (bicyclic) bond motifs is 3. The second-order valence-corrected chi connectivity index (χ2v) is 11.6. The molecule has 3 aliphatic carbocycles. The van der Waals surface area contributed by atoms with Crippen LogP contribution in [0.25, 0.3) is 0 Å². The number of ether oxygens (including phenoxy) is 2. The number of rotatable bonds is 5. The van der Waals surface area contributed by atoms with Gasteiger partial charge in [-0.15, -0.1) is 6.58 Å². The van der Waals surface area contributed by atoms with Gasteiger partial charge >= 0.3 is 0 Å². The standard InChI is InChI=1S/C26H40O8/c1-5-24(2)8-6-15-14(11-24)16(28)10-18-25(15,3)9-7-19(29)26(18,4)13-33-23-22(32)21(31)20(30)17(12-27)34-23/h5,11,15-18,20-23,27-28,30-32H,1,6-10,12-13H2,2-4H3/t15?,16-,17-,18?,20-,21-,22+,23-,24+,25-,26-/m1/s1. The number of carbonyl (C=O) groups excluding carboxylic acids is 1. The number of aliphatic hydroxyl groups is 5. The van der Waals surface area contributed by atoms with Crippen LogP contribution >= 0.6 is 0 Å². The van der Waals surface area contributed by atoms with Gasteiger partial charge in [0.2, 0.25) is 0 Å². The summed E-state index contributed by atoms with van der Waals surface area (Å²) in [6.45, 7) is 9.59. The molecular weight excluding hydrogens is 440 g/mol. The van der Waals surface area contributed by atoms with Crippen molar-refractivity contribution in [1.82, 2.24) is 0 Å². The highest BCUT2D eigenvalue weighted by Gasteiger charge is 2.61. The fraction of sp³-hybridized carbons (Fsp3) is 0.808. The number of ketones is 1. The Morgan fingerprint density at radius 3 is 2.50 bits per heavy atom. The van der Waals surface area contributed by atoms with Crippen LogP contribution in [0.5, 0.6) is 0 Å². The van der Waals surface area contributed by atoms with Crippen LogP contribution in [0.4, 0.5) is 0 Å². The lowest BCUT2D eigenvalue weighted by atomic mass is 9.44. The SMILES string of the molecule is C=C[C@]1(C)C=C2C(CC1)[C@@]1(C)CCC(=O)[C@](C)(CO[C@@H]3O[C@H](CO)[C@@H](O)[C@@H](O)[C@@H]3O)C1C[C@H]2O. The largest absolute Gasteiger partial charge is 0.394 e. The second kappa shape index (κ2) is 9.07. The summed E-state index contributed by atoms with van der Waals surface area (Å²) >= 11 is 0.